The number of carbonyl (C=O) groups excluding carboxylic acids is 2. The molecule has 0 spiro atoms. The van der Waals surface area contributed by atoms with Crippen LogP contribution in [0.1, 0.15) is 46.6 Å². The molecule has 0 saturated heterocycles. The van der Waals surface area contributed by atoms with Crippen LogP contribution in [0.25, 0.3) is 0 Å². The first kappa shape index (κ1) is 23.7. The van der Waals surface area contributed by atoms with Gasteiger partial charge in [0.2, 0.25) is 0 Å². The lowest BCUT2D eigenvalue weighted by atomic mass is 10.0. The maximum Gasteiger partial charge on any atom is 0.425 e. The van der Waals surface area contributed by atoms with Gasteiger partial charge in [-0.3, -0.25) is 4.79 Å². The van der Waals surface area contributed by atoms with Gasteiger partial charge in [-0.2, -0.15) is 0 Å². The fraction of sp³-hybridized carbons (Fsp3) is 0.600. The predicted octanol–water partition coefficient (Wildman–Crippen LogP) is 4.71. The molecule has 7 nitrogen and oxygen atoms in total. The number of benzene rings is 1. The number of hydrogen-bond acceptors (Lipinski definition) is 8. The number of amides is 1. The summed E-state index contributed by atoms with van der Waals surface area (Å²) in [6.45, 7) is 10.8. The average Bonchev–Trinajstić information content (AvgIpc) is 2.96. The third-order valence-corrected chi connectivity index (χ3v) is 6.85. The van der Waals surface area contributed by atoms with Crippen LogP contribution in [-0.4, -0.2) is 52.5 Å². The highest BCUT2D eigenvalue weighted by Crippen LogP contribution is 2.42. The number of rotatable bonds is 9. The second-order valence-electron chi connectivity index (χ2n) is 7.59. The Labute approximate surface area is 181 Å². The monoisotopic (exact) mass is 442 g/mol. The van der Waals surface area contributed by atoms with E-state index in [1.165, 1.54) is 26.3 Å². The van der Waals surface area contributed by atoms with Gasteiger partial charge in [0.1, 0.15) is 5.60 Å². The number of nitrogens with zero attached hydrogens (tertiary/aromatic N) is 2. The Morgan fingerprint density at radius 1 is 1.28 bits per heavy atom. The van der Waals surface area contributed by atoms with Crippen molar-refractivity contribution in [3.63, 3.8) is 0 Å². The summed E-state index contributed by atoms with van der Waals surface area (Å²) in [4.78, 5) is 24.1. The molecule has 1 aliphatic heterocycles. The van der Waals surface area contributed by atoms with E-state index in [1.54, 1.807) is 20.0 Å². The highest BCUT2D eigenvalue weighted by molar-refractivity contribution is 8.75. The van der Waals surface area contributed by atoms with Crippen LogP contribution in [0.2, 0.25) is 0 Å². The summed E-state index contributed by atoms with van der Waals surface area (Å²) in [6, 6.07) is 5.78. The van der Waals surface area contributed by atoms with Crippen LogP contribution in [0.3, 0.4) is 0 Å². The van der Waals surface area contributed by atoms with Crippen LogP contribution in [-0.2, 0) is 16.0 Å². The fourth-order valence-corrected chi connectivity index (χ4v) is 4.87. The molecule has 162 valence electrons. The van der Waals surface area contributed by atoms with Crippen molar-refractivity contribution < 1.29 is 23.8 Å². The summed E-state index contributed by atoms with van der Waals surface area (Å²) in [7, 11) is 4.30. The molecule has 0 unspecified atom stereocenters. The molecular weight excluding hydrogens is 412 g/mol. The minimum atomic E-state index is -0.488. The number of para-hydroxylation sites is 1. The van der Waals surface area contributed by atoms with Gasteiger partial charge in [-0.05, 0) is 40.7 Å². The van der Waals surface area contributed by atoms with E-state index in [0.717, 1.165) is 12.0 Å². The Hall–Kier alpha value is -1.58. The van der Waals surface area contributed by atoms with E-state index in [9.17, 15) is 9.59 Å². The normalized spacial score (nSPS) is 14.5. The summed E-state index contributed by atoms with van der Waals surface area (Å²) in [5.41, 5.74) is 0.729. The predicted molar refractivity (Wildman–Crippen MR) is 117 cm³/mol. The van der Waals surface area contributed by atoms with Gasteiger partial charge >= 0.3 is 12.1 Å². The molecule has 0 aromatic heterocycles. The Morgan fingerprint density at radius 2 is 2.00 bits per heavy atom. The molecule has 0 bridgehead atoms. The number of ether oxygens (including phenoxy) is 3. The van der Waals surface area contributed by atoms with Gasteiger partial charge < -0.3 is 14.2 Å². The molecule has 0 atom stereocenters. The van der Waals surface area contributed by atoms with Crippen molar-refractivity contribution in [3.8, 4) is 11.5 Å². The zero-order chi connectivity index (χ0) is 21.6. The van der Waals surface area contributed by atoms with Crippen LogP contribution < -0.4 is 9.47 Å². The van der Waals surface area contributed by atoms with E-state index in [0.29, 0.717) is 31.1 Å². The van der Waals surface area contributed by atoms with Crippen molar-refractivity contribution in [3.05, 3.63) is 23.8 Å². The topological polar surface area (TPSA) is 68.3 Å². The van der Waals surface area contributed by atoms with Gasteiger partial charge in [0, 0.05) is 53.6 Å². The van der Waals surface area contributed by atoms with E-state index >= 15 is 0 Å². The lowest BCUT2D eigenvalue weighted by Gasteiger charge is -2.25. The smallest absolute Gasteiger partial charge is 0.425 e. The third kappa shape index (κ3) is 7.01. The van der Waals surface area contributed by atoms with Crippen LogP contribution in [0.5, 0.6) is 11.5 Å². The summed E-state index contributed by atoms with van der Waals surface area (Å²) in [5.74, 6) is 0.839. The van der Waals surface area contributed by atoms with Gasteiger partial charge in [-0.15, -0.1) is 0 Å². The maximum atomic E-state index is 12.5. The molecule has 1 aliphatic rings. The Balaban J connectivity index is 1.89. The molecule has 1 aromatic carbocycles. The highest BCUT2D eigenvalue weighted by Gasteiger charge is 2.33. The van der Waals surface area contributed by atoms with Crippen LogP contribution in [0, 0.1) is 0 Å². The summed E-state index contributed by atoms with van der Waals surface area (Å²) < 4.78 is 19.9. The highest BCUT2D eigenvalue weighted by atomic mass is 33.1. The molecule has 9 heteroatoms. The zero-order valence-corrected chi connectivity index (χ0v) is 19.5. The molecule has 0 saturated carbocycles. The maximum absolute atomic E-state index is 12.5. The minimum absolute atomic E-state index is 0.194. The number of fused-ring (bicyclic) bond motifs is 1. The molecule has 1 amide bonds. The number of esters is 1. The second-order valence-corrected chi connectivity index (χ2v) is 9.80. The molecule has 0 aliphatic carbocycles. The van der Waals surface area contributed by atoms with Crippen LogP contribution in [0.4, 0.5) is 4.79 Å². The molecule has 1 aromatic rings. The molecule has 0 fully saturated rings. The first-order chi connectivity index (χ1) is 13.6. The van der Waals surface area contributed by atoms with E-state index in [1.807, 2.05) is 44.1 Å². The standard InChI is InChI=1S/C20H30N2O5S2/c1-7-25-17(23)11-12-22(14(2)3)29-28-21(6)19(24)26-16-10-8-9-15-13-20(4,5)27-18(15)16/h8-10,14H,7,11-13H2,1-6H3. The van der Waals surface area contributed by atoms with Crippen molar-refractivity contribution in [2.75, 3.05) is 20.2 Å². The van der Waals surface area contributed by atoms with Crippen LogP contribution >= 0.6 is 22.0 Å². The first-order valence-corrected chi connectivity index (χ1v) is 11.7. The minimum Gasteiger partial charge on any atom is -0.483 e. The molecule has 0 radical (unpaired) electrons. The summed E-state index contributed by atoms with van der Waals surface area (Å²) >= 11 is 0. The third-order valence-electron chi connectivity index (χ3n) is 4.17. The summed E-state index contributed by atoms with van der Waals surface area (Å²) in [5, 5.41) is 0. The number of hydrogen-bond donors (Lipinski definition) is 0. The van der Waals surface area contributed by atoms with E-state index in [-0.39, 0.29) is 17.6 Å². The lowest BCUT2D eigenvalue weighted by molar-refractivity contribution is -0.143. The summed E-state index contributed by atoms with van der Waals surface area (Å²) in [6.07, 6.45) is 0.591. The van der Waals surface area contributed by atoms with Crippen molar-refractivity contribution in [2.24, 2.45) is 0 Å². The van der Waals surface area contributed by atoms with Gasteiger partial charge in [-0.1, -0.05) is 12.1 Å². The molecule has 0 N–H and O–H groups in total. The quantitative estimate of drug-likeness (QED) is 0.310. The van der Waals surface area contributed by atoms with Gasteiger partial charge in [0.25, 0.3) is 0 Å². The average molecular weight is 443 g/mol. The van der Waals surface area contributed by atoms with Crippen LogP contribution in [0.15, 0.2) is 18.2 Å². The van der Waals surface area contributed by atoms with E-state index in [2.05, 4.69) is 0 Å². The van der Waals surface area contributed by atoms with Crippen molar-refractivity contribution in [2.45, 2.75) is 59.1 Å². The van der Waals surface area contributed by atoms with Gasteiger partial charge in [-0.25, -0.2) is 13.4 Å². The Morgan fingerprint density at radius 3 is 2.66 bits per heavy atom. The van der Waals surface area contributed by atoms with E-state index < -0.39 is 6.09 Å². The Bertz CT molecular complexity index is 727. The lowest BCUT2D eigenvalue weighted by Crippen LogP contribution is -2.28. The van der Waals surface area contributed by atoms with Crippen molar-refractivity contribution >= 4 is 34.0 Å². The molecular formula is C20H30N2O5S2. The largest absolute Gasteiger partial charge is 0.483 e. The molecule has 1 heterocycles. The SMILES string of the molecule is CCOC(=O)CCN(SSN(C)C(=O)Oc1cccc2c1OC(C)(C)C2)C(C)C. The second kappa shape index (κ2) is 10.4. The molecule has 29 heavy (non-hydrogen) atoms. The van der Waals surface area contributed by atoms with E-state index in [4.69, 9.17) is 14.2 Å². The van der Waals surface area contributed by atoms with Crippen molar-refractivity contribution in [1.29, 1.82) is 0 Å². The first-order valence-electron chi connectivity index (χ1n) is 9.66. The molecule has 2 rings (SSSR count). The number of carbonyl (C=O) groups is 2. The van der Waals surface area contributed by atoms with Crippen molar-refractivity contribution in [1.82, 2.24) is 8.61 Å². The van der Waals surface area contributed by atoms with Gasteiger partial charge in [0.05, 0.1) is 13.0 Å². The fourth-order valence-electron chi connectivity index (χ4n) is 2.77. The van der Waals surface area contributed by atoms with Gasteiger partial charge in [0.15, 0.2) is 11.5 Å². The zero-order valence-electron chi connectivity index (χ0n) is 17.9. The Kier molecular flexibility index (Phi) is 8.54.